The third kappa shape index (κ3) is 6.28. The summed E-state index contributed by atoms with van der Waals surface area (Å²) in [5.41, 5.74) is 2.49. The lowest BCUT2D eigenvalue weighted by Crippen LogP contribution is -2.42. The first kappa shape index (κ1) is 29.2. The third-order valence-corrected chi connectivity index (χ3v) is 7.78. The van der Waals surface area contributed by atoms with Crippen molar-refractivity contribution >= 4 is 17.3 Å². The molecule has 2 aliphatic heterocycles. The van der Waals surface area contributed by atoms with Crippen molar-refractivity contribution in [3.05, 3.63) is 71.1 Å². The van der Waals surface area contributed by atoms with Crippen LogP contribution in [0.3, 0.4) is 0 Å². The Morgan fingerprint density at radius 1 is 1.24 bits per heavy atom. The molecule has 3 aliphatic rings. The van der Waals surface area contributed by atoms with Gasteiger partial charge in [0.25, 0.3) is 11.6 Å². The Morgan fingerprint density at radius 3 is 2.67 bits per heavy atom. The van der Waals surface area contributed by atoms with Crippen LogP contribution >= 0.6 is 0 Å². The van der Waals surface area contributed by atoms with Crippen LogP contribution in [0.25, 0.3) is 5.70 Å². The summed E-state index contributed by atoms with van der Waals surface area (Å²) in [4.78, 5) is 17.7. The molecule has 1 saturated carbocycles. The average molecular weight is 582 g/mol. The number of allylic oxidation sites excluding steroid dienone is 3. The van der Waals surface area contributed by atoms with Gasteiger partial charge in [0, 0.05) is 30.6 Å². The van der Waals surface area contributed by atoms with E-state index >= 15 is 0 Å². The standard InChI is InChI=1S/C29H31F3N8O2/c1-29(2,42)26(30)15-35-27(41)22-14-34-24(25-8-7-21-9-17(11-33)12-37-40(21)25)10-23(22)38-20-5-3-18(4-6-20)19-13-36-39(16-19)28(31)32/h7-8,10,12-14,16,18,20,26,28,42H,3-6,9,15H2,1-2H3,(H-,34,35,38,41)/p+1/t18?,20?,26-/m1/s1. The Hall–Kier alpha value is -4.31. The fourth-order valence-corrected chi connectivity index (χ4v) is 5.26. The van der Waals surface area contributed by atoms with E-state index in [9.17, 15) is 28.3 Å². The number of carbonyl (C=O) groups excluding carboxylic acids is 1. The van der Waals surface area contributed by atoms with E-state index in [2.05, 4.69) is 31.9 Å². The number of halogens is 3. The first-order valence-electron chi connectivity index (χ1n) is 13.8. The molecule has 42 heavy (non-hydrogen) atoms. The zero-order valence-corrected chi connectivity index (χ0v) is 23.3. The minimum atomic E-state index is -2.68. The molecule has 1 atom stereocenters. The first-order chi connectivity index (χ1) is 20.0. The number of aromatic nitrogens is 3. The van der Waals surface area contributed by atoms with E-state index in [-0.39, 0.29) is 24.1 Å². The highest BCUT2D eigenvalue weighted by Gasteiger charge is 2.34. The van der Waals surface area contributed by atoms with E-state index in [1.807, 2.05) is 12.2 Å². The van der Waals surface area contributed by atoms with Crippen molar-refractivity contribution in [2.45, 2.75) is 76.2 Å². The molecule has 1 fully saturated rings. The number of alkyl halides is 3. The molecule has 1 aliphatic carbocycles. The van der Waals surface area contributed by atoms with Crippen molar-refractivity contribution in [3.8, 4) is 6.07 Å². The number of carbonyl (C=O) groups is 1. The smallest absolute Gasteiger partial charge is 0.333 e. The molecule has 0 spiro atoms. The number of azo groups is 2. The predicted octanol–water partition coefficient (Wildman–Crippen LogP) is 5.16. The Labute approximate surface area is 240 Å². The Bertz CT molecular complexity index is 1520. The molecule has 0 unspecified atom stereocenters. The molecule has 0 aromatic carbocycles. The molecule has 13 heteroatoms. The molecule has 220 valence electrons. The summed E-state index contributed by atoms with van der Waals surface area (Å²) in [5.74, 6) is -0.435. The van der Waals surface area contributed by atoms with Gasteiger partial charge in [0.05, 0.1) is 47.7 Å². The number of anilines is 1. The lowest BCUT2D eigenvalue weighted by molar-refractivity contribution is -0.449. The van der Waals surface area contributed by atoms with Gasteiger partial charge in [-0.05, 0) is 66.9 Å². The van der Waals surface area contributed by atoms with E-state index in [1.165, 1.54) is 38.6 Å². The number of fused-ring (bicyclic) bond motifs is 1. The maximum Gasteiger partial charge on any atom is 0.333 e. The summed E-state index contributed by atoms with van der Waals surface area (Å²) in [7, 11) is 0. The van der Waals surface area contributed by atoms with Crippen LogP contribution in [0.5, 0.6) is 0 Å². The van der Waals surface area contributed by atoms with E-state index in [0.29, 0.717) is 33.8 Å². The normalized spacial score (nSPS) is 21.0. The summed E-state index contributed by atoms with van der Waals surface area (Å²) < 4.78 is 42.7. The Balaban J connectivity index is 1.35. The summed E-state index contributed by atoms with van der Waals surface area (Å²) >= 11 is 0. The number of rotatable bonds is 9. The molecular formula is C29H32F3N8O2+. The maximum absolute atomic E-state index is 14.4. The summed E-state index contributed by atoms with van der Waals surface area (Å²) in [6.07, 6.45) is 11.3. The van der Waals surface area contributed by atoms with E-state index < -0.39 is 24.2 Å². The molecule has 0 radical (unpaired) electrons. The average Bonchev–Trinajstić information content (AvgIpc) is 3.63. The largest absolute Gasteiger partial charge is 0.387 e. The number of pyridine rings is 1. The first-order valence-corrected chi connectivity index (χ1v) is 13.8. The number of amides is 1. The Kier molecular flexibility index (Phi) is 8.27. The number of nitriles is 1. The van der Waals surface area contributed by atoms with Crippen LogP contribution in [-0.4, -0.2) is 54.8 Å². The summed E-state index contributed by atoms with van der Waals surface area (Å²) in [6.45, 7) is -0.388. The van der Waals surface area contributed by atoms with Gasteiger partial charge in [-0.1, -0.05) is 0 Å². The lowest BCUT2D eigenvalue weighted by Gasteiger charge is -2.30. The third-order valence-electron chi connectivity index (χ3n) is 7.78. The van der Waals surface area contributed by atoms with Crippen molar-refractivity contribution in [3.63, 3.8) is 0 Å². The number of aliphatic hydroxyl groups is 1. The zero-order valence-electron chi connectivity index (χ0n) is 23.3. The molecule has 2 aromatic rings. The molecule has 1 amide bonds. The molecule has 0 saturated heterocycles. The van der Waals surface area contributed by atoms with E-state index in [4.69, 9.17) is 0 Å². The van der Waals surface area contributed by atoms with Crippen molar-refractivity contribution in [1.82, 2.24) is 20.1 Å². The quantitative estimate of drug-likeness (QED) is 0.351. The lowest BCUT2D eigenvalue weighted by atomic mass is 9.83. The number of nitrogens with zero attached hydrogens (tertiary/aromatic N) is 6. The van der Waals surface area contributed by atoms with Crippen LogP contribution in [0.4, 0.5) is 18.9 Å². The maximum atomic E-state index is 14.4. The minimum Gasteiger partial charge on any atom is -0.387 e. The van der Waals surface area contributed by atoms with E-state index in [1.54, 1.807) is 10.8 Å². The van der Waals surface area contributed by atoms with Crippen LogP contribution in [-0.2, 0) is 0 Å². The molecular weight excluding hydrogens is 549 g/mol. The Morgan fingerprint density at radius 2 is 2.00 bits per heavy atom. The van der Waals surface area contributed by atoms with Gasteiger partial charge < -0.3 is 15.7 Å². The van der Waals surface area contributed by atoms with Crippen molar-refractivity contribution in [2.24, 2.45) is 5.11 Å². The van der Waals surface area contributed by atoms with Gasteiger partial charge in [-0.15, -0.1) is 0 Å². The SMILES string of the molecule is CC(C)(O)[C@H](F)CNC(=O)c1cnc(C2=CC=C3CC(C#N)=CN=[N+]32)cc1NC1CCC(c2cnn(C(F)F)c2)CC1. The fourth-order valence-electron chi connectivity index (χ4n) is 5.26. The van der Waals surface area contributed by atoms with Gasteiger partial charge in [-0.3, -0.25) is 4.79 Å². The molecule has 3 N–H and O–H groups in total. The molecule has 4 heterocycles. The molecule has 0 bridgehead atoms. The van der Waals surface area contributed by atoms with Gasteiger partial charge in [-0.25, -0.2) is 14.1 Å². The summed E-state index contributed by atoms with van der Waals surface area (Å²) in [5, 5.41) is 33.3. The van der Waals surface area contributed by atoms with Crippen molar-refractivity contribution < 1.29 is 27.8 Å². The monoisotopic (exact) mass is 581 g/mol. The second-order valence-electron chi connectivity index (χ2n) is 11.3. The molecule has 2 aromatic heterocycles. The number of hydrogen-bond donors (Lipinski definition) is 3. The topological polar surface area (TPSA) is 131 Å². The number of nitrogens with one attached hydrogen (secondary N) is 2. The second-order valence-corrected chi connectivity index (χ2v) is 11.3. The zero-order chi connectivity index (χ0) is 30.0. The van der Waals surface area contributed by atoms with Crippen LogP contribution in [0.15, 0.2) is 59.4 Å². The molecule has 10 nitrogen and oxygen atoms in total. The van der Waals surface area contributed by atoms with Gasteiger partial charge in [0.15, 0.2) is 0 Å². The van der Waals surface area contributed by atoms with E-state index in [0.717, 1.165) is 36.9 Å². The second kappa shape index (κ2) is 11.9. The number of hydrogen-bond acceptors (Lipinski definition) is 7. The van der Waals surface area contributed by atoms with Gasteiger partial charge >= 0.3 is 6.55 Å². The summed E-state index contributed by atoms with van der Waals surface area (Å²) in [6, 6.07) is 3.86. The van der Waals surface area contributed by atoms with Gasteiger partial charge in [0.2, 0.25) is 5.70 Å². The minimum absolute atomic E-state index is 0.00877. The van der Waals surface area contributed by atoms with Crippen molar-refractivity contribution in [1.29, 1.82) is 5.26 Å². The van der Waals surface area contributed by atoms with Gasteiger partial charge in [0.1, 0.15) is 18.1 Å². The van der Waals surface area contributed by atoms with Crippen molar-refractivity contribution in [2.75, 3.05) is 11.9 Å². The highest BCUT2D eigenvalue weighted by Crippen LogP contribution is 2.36. The van der Waals surface area contributed by atoms with Crippen LogP contribution in [0, 0.1) is 11.3 Å². The predicted molar refractivity (Wildman–Crippen MR) is 147 cm³/mol. The highest BCUT2D eigenvalue weighted by molar-refractivity contribution is 5.99. The van der Waals surface area contributed by atoms with Crippen LogP contribution in [0.1, 0.15) is 80.0 Å². The van der Waals surface area contributed by atoms with Gasteiger partial charge in [-0.2, -0.15) is 19.1 Å². The fraction of sp³-hybridized carbons (Fsp3) is 0.448. The van der Waals surface area contributed by atoms with Crippen LogP contribution < -0.4 is 10.6 Å². The molecule has 5 rings (SSSR count). The highest BCUT2D eigenvalue weighted by atomic mass is 19.3. The van der Waals surface area contributed by atoms with Crippen LogP contribution in [0.2, 0.25) is 0 Å².